The second kappa shape index (κ2) is 6.18. The van der Waals surface area contributed by atoms with Gasteiger partial charge in [0.05, 0.1) is 5.69 Å². The number of hydrogen-bond donors (Lipinski definition) is 1. The van der Waals surface area contributed by atoms with Crippen molar-refractivity contribution in [2.24, 2.45) is 0 Å². The highest BCUT2D eigenvalue weighted by atomic mass is 16.2. The molecule has 0 unspecified atom stereocenters. The van der Waals surface area contributed by atoms with Crippen molar-refractivity contribution in [2.75, 3.05) is 19.4 Å². The molecule has 0 fully saturated rings. The number of nitrogens with one attached hydrogen (secondary N) is 1. The zero-order valence-electron chi connectivity index (χ0n) is 13.4. The number of nitrogens with zero attached hydrogens (tertiary/aromatic N) is 4. The van der Waals surface area contributed by atoms with Crippen molar-refractivity contribution in [3.8, 4) is 0 Å². The highest BCUT2D eigenvalue weighted by Gasteiger charge is 2.19. The standard InChI is InChI=1S/C17H19N5O/c1-12-7-8-18-14(10-12)19-17(23)16-13(11-21(2)3)22-9-5-4-6-15(22)20-16/h4-10H,11H2,1-3H3,(H,18,19,23). The van der Waals surface area contributed by atoms with Crippen LogP contribution in [0.1, 0.15) is 21.7 Å². The number of imidazole rings is 1. The normalized spacial score (nSPS) is 11.1. The minimum Gasteiger partial charge on any atom is -0.305 e. The van der Waals surface area contributed by atoms with Gasteiger partial charge in [-0.15, -0.1) is 0 Å². The van der Waals surface area contributed by atoms with Crippen molar-refractivity contribution in [3.63, 3.8) is 0 Å². The van der Waals surface area contributed by atoms with Crippen LogP contribution >= 0.6 is 0 Å². The quantitative estimate of drug-likeness (QED) is 0.803. The van der Waals surface area contributed by atoms with E-state index in [-0.39, 0.29) is 5.91 Å². The molecule has 0 aliphatic rings. The molecule has 0 saturated heterocycles. The van der Waals surface area contributed by atoms with Crippen LogP contribution in [0.3, 0.4) is 0 Å². The molecule has 0 aliphatic heterocycles. The maximum atomic E-state index is 12.7. The molecule has 1 N–H and O–H groups in total. The molecule has 0 bridgehead atoms. The number of aryl methyl sites for hydroxylation is 1. The van der Waals surface area contributed by atoms with Crippen LogP contribution in [0, 0.1) is 6.92 Å². The van der Waals surface area contributed by atoms with Crippen molar-refractivity contribution in [1.29, 1.82) is 0 Å². The van der Waals surface area contributed by atoms with Crippen molar-refractivity contribution < 1.29 is 4.79 Å². The van der Waals surface area contributed by atoms with Crippen LogP contribution in [0.2, 0.25) is 0 Å². The van der Waals surface area contributed by atoms with E-state index in [0.717, 1.165) is 16.9 Å². The van der Waals surface area contributed by atoms with E-state index in [1.165, 1.54) is 0 Å². The first kappa shape index (κ1) is 15.2. The predicted molar refractivity (Wildman–Crippen MR) is 89.5 cm³/mol. The van der Waals surface area contributed by atoms with Gasteiger partial charge in [-0.3, -0.25) is 4.79 Å². The summed E-state index contributed by atoms with van der Waals surface area (Å²) in [5.74, 6) is 0.284. The van der Waals surface area contributed by atoms with E-state index in [0.29, 0.717) is 18.1 Å². The highest BCUT2D eigenvalue weighted by Crippen LogP contribution is 2.16. The van der Waals surface area contributed by atoms with E-state index in [4.69, 9.17) is 0 Å². The zero-order valence-corrected chi connectivity index (χ0v) is 13.4. The molecule has 23 heavy (non-hydrogen) atoms. The van der Waals surface area contributed by atoms with E-state index in [1.807, 2.05) is 66.8 Å². The molecule has 6 nitrogen and oxygen atoms in total. The van der Waals surface area contributed by atoms with Crippen molar-refractivity contribution >= 4 is 17.4 Å². The topological polar surface area (TPSA) is 62.5 Å². The Bertz CT molecular complexity index is 853. The lowest BCUT2D eigenvalue weighted by atomic mass is 10.2. The van der Waals surface area contributed by atoms with Crippen molar-refractivity contribution in [1.82, 2.24) is 19.3 Å². The molecule has 0 saturated carbocycles. The zero-order chi connectivity index (χ0) is 16.4. The number of anilines is 1. The van der Waals surface area contributed by atoms with Crippen LogP contribution in [-0.2, 0) is 6.54 Å². The highest BCUT2D eigenvalue weighted by molar-refractivity contribution is 6.03. The molecule has 0 aromatic carbocycles. The molecule has 0 atom stereocenters. The van der Waals surface area contributed by atoms with Crippen LogP contribution in [0.15, 0.2) is 42.7 Å². The Kier molecular flexibility index (Phi) is 4.08. The maximum Gasteiger partial charge on any atom is 0.277 e. The van der Waals surface area contributed by atoms with Gasteiger partial charge in [0.25, 0.3) is 5.91 Å². The van der Waals surface area contributed by atoms with Crippen LogP contribution in [-0.4, -0.2) is 39.3 Å². The van der Waals surface area contributed by atoms with Gasteiger partial charge in [0.1, 0.15) is 11.5 Å². The lowest BCUT2D eigenvalue weighted by molar-refractivity contribution is 0.102. The van der Waals surface area contributed by atoms with Gasteiger partial charge in [-0.1, -0.05) is 6.07 Å². The Balaban J connectivity index is 1.99. The van der Waals surface area contributed by atoms with Gasteiger partial charge < -0.3 is 14.6 Å². The van der Waals surface area contributed by atoms with Crippen LogP contribution in [0.25, 0.3) is 5.65 Å². The fourth-order valence-corrected chi connectivity index (χ4v) is 2.46. The number of carbonyl (C=O) groups is 1. The van der Waals surface area contributed by atoms with E-state index in [9.17, 15) is 4.79 Å². The Morgan fingerprint density at radius 3 is 2.87 bits per heavy atom. The lowest BCUT2D eigenvalue weighted by Gasteiger charge is -2.11. The maximum absolute atomic E-state index is 12.7. The SMILES string of the molecule is Cc1ccnc(NC(=O)c2nc3ccccn3c2CN(C)C)c1. The van der Waals surface area contributed by atoms with Crippen molar-refractivity contribution in [3.05, 3.63) is 59.7 Å². The molecular weight excluding hydrogens is 290 g/mol. The number of amides is 1. The second-order valence-electron chi connectivity index (χ2n) is 5.75. The number of carbonyl (C=O) groups excluding carboxylic acids is 1. The summed E-state index contributed by atoms with van der Waals surface area (Å²) >= 11 is 0. The fourth-order valence-electron chi connectivity index (χ4n) is 2.46. The van der Waals surface area contributed by atoms with Crippen molar-refractivity contribution in [2.45, 2.75) is 13.5 Å². The third-order valence-electron chi connectivity index (χ3n) is 3.47. The lowest BCUT2D eigenvalue weighted by Crippen LogP contribution is -2.19. The van der Waals surface area contributed by atoms with Crippen LogP contribution in [0.4, 0.5) is 5.82 Å². The summed E-state index contributed by atoms with van der Waals surface area (Å²) in [6.45, 7) is 2.58. The third-order valence-corrected chi connectivity index (χ3v) is 3.47. The van der Waals surface area contributed by atoms with E-state index in [2.05, 4.69) is 15.3 Å². The number of pyridine rings is 2. The summed E-state index contributed by atoms with van der Waals surface area (Å²) in [7, 11) is 3.93. The molecule has 0 radical (unpaired) electrons. The summed E-state index contributed by atoms with van der Waals surface area (Å²) in [5.41, 5.74) is 3.08. The minimum atomic E-state index is -0.247. The molecular formula is C17H19N5O. The van der Waals surface area contributed by atoms with Crippen LogP contribution in [0.5, 0.6) is 0 Å². The molecule has 3 rings (SSSR count). The summed E-state index contributed by atoms with van der Waals surface area (Å²) in [6, 6.07) is 9.45. The number of hydrogen-bond acceptors (Lipinski definition) is 4. The average molecular weight is 309 g/mol. The molecule has 0 spiro atoms. The number of aromatic nitrogens is 3. The van der Waals surface area contributed by atoms with Gasteiger partial charge in [0.2, 0.25) is 0 Å². The van der Waals surface area contributed by atoms with Gasteiger partial charge >= 0.3 is 0 Å². The van der Waals surface area contributed by atoms with Crippen LogP contribution < -0.4 is 5.32 Å². The Labute approximate surface area is 134 Å². The summed E-state index contributed by atoms with van der Waals surface area (Å²) in [5, 5.41) is 2.83. The molecule has 3 aromatic rings. The molecule has 3 aromatic heterocycles. The fraction of sp³-hybridized carbons (Fsp3) is 0.235. The number of rotatable bonds is 4. The van der Waals surface area contributed by atoms with E-state index >= 15 is 0 Å². The summed E-state index contributed by atoms with van der Waals surface area (Å²) < 4.78 is 1.94. The minimum absolute atomic E-state index is 0.247. The van der Waals surface area contributed by atoms with Gasteiger partial charge in [-0.2, -0.15) is 0 Å². The average Bonchev–Trinajstić information content (AvgIpc) is 2.86. The molecule has 1 amide bonds. The first-order chi connectivity index (χ1) is 11.0. The second-order valence-corrected chi connectivity index (χ2v) is 5.75. The first-order valence-corrected chi connectivity index (χ1v) is 7.39. The summed E-state index contributed by atoms with van der Waals surface area (Å²) in [6.07, 6.45) is 3.60. The Morgan fingerprint density at radius 1 is 1.30 bits per heavy atom. The Morgan fingerprint density at radius 2 is 2.13 bits per heavy atom. The van der Waals surface area contributed by atoms with E-state index in [1.54, 1.807) is 6.20 Å². The van der Waals surface area contributed by atoms with Gasteiger partial charge in [-0.25, -0.2) is 9.97 Å². The monoisotopic (exact) mass is 309 g/mol. The summed E-state index contributed by atoms with van der Waals surface area (Å²) in [4.78, 5) is 23.3. The smallest absolute Gasteiger partial charge is 0.277 e. The first-order valence-electron chi connectivity index (χ1n) is 7.39. The van der Waals surface area contributed by atoms with Gasteiger partial charge in [-0.05, 0) is 50.8 Å². The Hall–Kier alpha value is -2.73. The molecule has 3 heterocycles. The van der Waals surface area contributed by atoms with E-state index < -0.39 is 0 Å². The largest absolute Gasteiger partial charge is 0.305 e. The molecule has 0 aliphatic carbocycles. The molecule has 118 valence electrons. The molecule has 6 heteroatoms. The van der Waals surface area contributed by atoms with Gasteiger partial charge in [0.15, 0.2) is 5.69 Å². The number of fused-ring (bicyclic) bond motifs is 1. The van der Waals surface area contributed by atoms with Gasteiger partial charge in [0, 0.05) is 18.9 Å². The predicted octanol–water partition coefficient (Wildman–Crippen LogP) is 2.35. The third kappa shape index (κ3) is 3.22.